The topological polar surface area (TPSA) is 0 Å². The first-order chi connectivity index (χ1) is 5.41. The van der Waals surface area contributed by atoms with Crippen LogP contribution in [0, 0.1) is 0 Å². The van der Waals surface area contributed by atoms with Gasteiger partial charge in [-0.3, -0.25) is 0 Å². The normalized spacial score (nSPS) is 14.8. The molecule has 0 aliphatic carbocycles. The van der Waals surface area contributed by atoms with Gasteiger partial charge in [0.25, 0.3) is 0 Å². The summed E-state index contributed by atoms with van der Waals surface area (Å²) < 4.78 is 36.1. The molecule has 1 unspecified atom stereocenters. The molecule has 0 aliphatic heterocycles. The second-order valence-electron chi connectivity index (χ2n) is 2.32. The van der Waals surface area contributed by atoms with E-state index in [1.807, 2.05) is 0 Å². The zero-order valence-electron chi connectivity index (χ0n) is 6.15. The zero-order chi connectivity index (χ0) is 9.35. The molecular formula is C7H6ClF3S. The average molecular weight is 215 g/mol. The molecule has 0 saturated carbocycles. The molecule has 0 aromatic carbocycles. The van der Waals surface area contributed by atoms with E-state index in [1.165, 1.54) is 6.07 Å². The lowest BCUT2D eigenvalue weighted by Gasteiger charge is -2.01. The van der Waals surface area contributed by atoms with Crippen molar-refractivity contribution >= 4 is 22.9 Å². The van der Waals surface area contributed by atoms with Gasteiger partial charge in [-0.15, -0.1) is 22.9 Å². The fourth-order valence-corrected chi connectivity index (χ4v) is 1.73. The van der Waals surface area contributed by atoms with Gasteiger partial charge in [0.1, 0.15) is 4.88 Å². The zero-order valence-corrected chi connectivity index (χ0v) is 7.72. The van der Waals surface area contributed by atoms with Crippen molar-refractivity contribution in [1.29, 1.82) is 0 Å². The molecular weight excluding hydrogens is 209 g/mol. The highest BCUT2D eigenvalue weighted by atomic mass is 35.5. The summed E-state index contributed by atoms with van der Waals surface area (Å²) in [4.78, 5) is -0.0472. The van der Waals surface area contributed by atoms with E-state index in [9.17, 15) is 13.2 Å². The molecule has 1 rings (SSSR count). The molecule has 0 N–H and O–H groups in total. The number of hydrogen-bond donors (Lipinski definition) is 0. The first-order valence-electron chi connectivity index (χ1n) is 3.22. The van der Waals surface area contributed by atoms with Crippen molar-refractivity contribution in [3.63, 3.8) is 0 Å². The quantitative estimate of drug-likeness (QED) is 0.619. The van der Waals surface area contributed by atoms with Gasteiger partial charge in [-0.1, -0.05) is 0 Å². The van der Waals surface area contributed by atoms with Crippen molar-refractivity contribution in [3.8, 4) is 0 Å². The SMILES string of the molecule is CC(Cl)c1ccc(C(F)(F)F)s1. The van der Waals surface area contributed by atoms with Crippen molar-refractivity contribution in [1.82, 2.24) is 0 Å². The Morgan fingerprint density at radius 3 is 2.25 bits per heavy atom. The number of thiophene rings is 1. The predicted octanol–water partition coefficient (Wildman–Crippen LogP) is 4.07. The van der Waals surface area contributed by atoms with Gasteiger partial charge in [-0.25, -0.2) is 0 Å². The lowest BCUT2D eigenvalue weighted by molar-refractivity contribution is -0.134. The maximum Gasteiger partial charge on any atom is 0.425 e. The van der Waals surface area contributed by atoms with E-state index in [4.69, 9.17) is 11.6 Å². The molecule has 0 bridgehead atoms. The van der Waals surface area contributed by atoms with E-state index >= 15 is 0 Å². The molecule has 0 spiro atoms. The first-order valence-corrected chi connectivity index (χ1v) is 4.47. The van der Waals surface area contributed by atoms with Crippen LogP contribution in [0.2, 0.25) is 0 Å². The average Bonchev–Trinajstić information content (AvgIpc) is 2.30. The summed E-state index contributed by atoms with van der Waals surface area (Å²) >= 11 is 6.30. The molecule has 5 heteroatoms. The number of halogens is 4. The van der Waals surface area contributed by atoms with E-state index in [-0.39, 0.29) is 5.38 Å². The molecule has 1 aromatic heterocycles. The Morgan fingerprint density at radius 1 is 1.42 bits per heavy atom. The molecule has 1 heterocycles. The van der Waals surface area contributed by atoms with Crippen LogP contribution in [0.15, 0.2) is 12.1 Å². The summed E-state index contributed by atoms with van der Waals surface area (Å²) in [6.45, 7) is 1.65. The molecule has 12 heavy (non-hydrogen) atoms. The molecule has 0 nitrogen and oxygen atoms in total. The second-order valence-corrected chi connectivity index (χ2v) is 4.09. The van der Waals surface area contributed by atoms with E-state index < -0.39 is 11.1 Å². The first kappa shape index (κ1) is 9.86. The summed E-state index contributed by atoms with van der Waals surface area (Å²) in [5.41, 5.74) is 0. The third-order valence-electron chi connectivity index (χ3n) is 1.30. The summed E-state index contributed by atoms with van der Waals surface area (Å²) in [7, 11) is 0. The fraction of sp³-hybridized carbons (Fsp3) is 0.429. The molecule has 0 fully saturated rings. The van der Waals surface area contributed by atoms with Gasteiger partial charge in [0.15, 0.2) is 0 Å². The maximum absolute atomic E-state index is 12.0. The lowest BCUT2D eigenvalue weighted by atomic mass is 10.3. The molecule has 0 saturated heterocycles. The fourth-order valence-electron chi connectivity index (χ4n) is 0.719. The van der Waals surface area contributed by atoms with Crippen LogP contribution in [-0.2, 0) is 6.18 Å². The third kappa shape index (κ3) is 2.14. The molecule has 1 atom stereocenters. The van der Waals surface area contributed by atoms with Crippen LogP contribution in [0.5, 0.6) is 0 Å². The maximum atomic E-state index is 12.0. The monoisotopic (exact) mass is 214 g/mol. The van der Waals surface area contributed by atoms with E-state index in [1.54, 1.807) is 6.92 Å². The molecule has 1 aromatic rings. The Kier molecular flexibility index (Phi) is 2.68. The van der Waals surface area contributed by atoms with Gasteiger partial charge < -0.3 is 0 Å². The number of rotatable bonds is 1. The van der Waals surface area contributed by atoms with Gasteiger partial charge in [0.2, 0.25) is 0 Å². The molecule has 0 radical (unpaired) electrons. The summed E-state index contributed by atoms with van der Waals surface area (Å²) in [6, 6.07) is 2.46. The van der Waals surface area contributed by atoms with Crippen molar-refractivity contribution < 1.29 is 13.2 Å². The van der Waals surface area contributed by atoms with E-state index in [2.05, 4.69) is 0 Å². The van der Waals surface area contributed by atoms with Crippen LogP contribution in [0.25, 0.3) is 0 Å². The highest BCUT2D eigenvalue weighted by molar-refractivity contribution is 7.12. The van der Waals surface area contributed by atoms with Crippen LogP contribution in [0.3, 0.4) is 0 Å². The minimum atomic E-state index is -4.24. The van der Waals surface area contributed by atoms with Crippen molar-refractivity contribution in [2.45, 2.75) is 18.5 Å². The van der Waals surface area contributed by atoms with Gasteiger partial charge in [-0.2, -0.15) is 13.2 Å². The highest BCUT2D eigenvalue weighted by Crippen LogP contribution is 2.37. The van der Waals surface area contributed by atoms with Crippen LogP contribution >= 0.6 is 22.9 Å². The smallest absolute Gasteiger partial charge is 0.165 e. The second kappa shape index (κ2) is 3.26. The van der Waals surface area contributed by atoms with E-state index in [0.29, 0.717) is 16.2 Å². The summed E-state index contributed by atoms with van der Waals surface area (Å²) in [6.07, 6.45) is -4.24. The van der Waals surface area contributed by atoms with E-state index in [0.717, 1.165) is 6.07 Å². The van der Waals surface area contributed by atoms with Crippen molar-refractivity contribution in [3.05, 3.63) is 21.9 Å². The van der Waals surface area contributed by atoms with Crippen molar-refractivity contribution in [2.75, 3.05) is 0 Å². The lowest BCUT2D eigenvalue weighted by Crippen LogP contribution is -2.00. The van der Waals surface area contributed by atoms with Crippen molar-refractivity contribution in [2.24, 2.45) is 0 Å². The minimum Gasteiger partial charge on any atom is -0.165 e. The third-order valence-corrected chi connectivity index (χ3v) is 2.98. The minimum absolute atomic E-state index is 0.355. The van der Waals surface area contributed by atoms with Gasteiger partial charge in [0.05, 0.1) is 5.38 Å². The van der Waals surface area contributed by atoms with Gasteiger partial charge in [-0.05, 0) is 19.1 Å². The molecule has 0 aliphatic rings. The summed E-state index contributed by atoms with van der Waals surface area (Å²) in [5.74, 6) is 0. The molecule has 68 valence electrons. The van der Waals surface area contributed by atoms with Crippen LogP contribution in [0.1, 0.15) is 22.1 Å². The predicted molar refractivity (Wildman–Crippen MR) is 43.6 cm³/mol. The van der Waals surface area contributed by atoms with Crippen LogP contribution in [-0.4, -0.2) is 0 Å². The Bertz CT molecular complexity index is 264. The van der Waals surface area contributed by atoms with Crippen LogP contribution in [0.4, 0.5) is 13.2 Å². The van der Waals surface area contributed by atoms with Crippen LogP contribution < -0.4 is 0 Å². The standard InChI is InChI=1S/C7H6ClF3S/c1-4(8)5-2-3-6(12-5)7(9,10)11/h2-4H,1H3. The van der Waals surface area contributed by atoms with Gasteiger partial charge >= 0.3 is 6.18 Å². The Balaban J connectivity index is 2.92. The largest absolute Gasteiger partial charge is 0.425 e. The Morgan fingerprint density at radius 2 is 2.00 bits per heavy atom. The number of hydrogen-bond acceptors (Lipinski definition) is 1. The number of alkyl halides is 4. The summed E-state index contributed by atoms with van der Waals surface area (Å²) in [5, 5.41) is -0.355. The Labute approximate surface area is 77.0 Å². The van der Waals surface area contributed by atoms with Gasteiger partial charge in [0, 0.05) is 4.88 Å². The highest BCUT2D eigenvalue weighted by Gasteiger charge is 2.32. The molecule has 0 amide bonds. The Hall–Kier alpha value is -0.220.